The van der Waals surface area contributed by atoms with Crippen LogP contribution in [0.15, 0.2) is 130 Å². The van der Waals surface area contributed by atoms with Crippen molar-refractivity contribution in [3.05, 3.63) is 131 Å². The number of rotatable bonds is 45. The Balaban J connectivity index is 0.771. The van der Waals surface area contributed by atoms with Gasteiger partial charge >= 0.3 is 23.9 Å². The van der Waals surface area contributed by atoms with Gasteiger partial charge < -0.3 is 51.0 Å². The largest absolute Gasteiger partial charge is 0.481 e. The number of ketones is 1. The Bertz CT molecular complexity index is 3680. The van der Waals surface area contributed by atoms with E-state index in [1.165, 1.54) is 30.0 Å². The standard InChI is InChI=1S/C73H101N7O17S2/c1-72(2)57-28-12-14-31-61(57)80(47-20-21-48-98(90,91)92)63(72)41-34-50-23-22-24-51(67(50)96-54-36-38-55(39-37-54)99(93,94)95)35-42-64(81)73(3,4)56-27-11-13-29-58(56)74-44-17-7-9-32-62-68(97-62)76-46-18-15-26-53-49-52(77-53)25-8-5-6-10-33-65(82)75-45-19-16-30-59(69(85)86)78-71(89)79-60(70(87)88)40-43-66(83)84/h11-14,27-29,31,34-39,41-42,53,59-60,62,68,74,76H,5-10,15-26,30,32-33,40,43-49H2,1-4H3,(H,75,82)(H,83,84)(H,85,86)(H,87,88)(H2,78,79,89)(H,90,91,92)(H,93,94,95). The fourth-order valence-electron chi connectivity index (χ4n) is 12.9. The van der Waals surface area contributed by atoms with Crippen molar-refractivity contribution in [1.29, 1.82) is 0 Å². The summed E-state index contributed by atoms with van der Waals surface area (Å²) in [5.41, 5.74) is 6.48. The maximum atomic E-state index is 14.4. The van der Waals surface area contributed by atoms with Gasteiger partial charge in [-0.15, -0.1) is 0 Å². The zero-order valence-corrected chi connectivity index (χ0v) is 59.1. The third-order valence-electron chi connectivity index (χ3n) is 18.7. The molecule has 5 atom stereocenters. The summed E-state index contributed by atoms with van der Waals surface area (Å²) < 4.78 is 78.6. The van der Waals surface area contributed by atoms with Crippen molar-refractivity contribution in [2.75, 3.05) is 42.1 Å². The summed E-state index contributed by atoms with van der Waals surface area (Å²) in [7, 11) is -8.55. The summed E-state index contributed by atoms with van der Waals surface area (Å²) in [5.74, 6) is -3.59. The van der Waals surface area contributed by atoms with Gasteiger partial charge in [-0.1, -0.05) is 94.5 Å². The molecule has 0 saturated carbocycles. The third-order valence-corrected chi connectivity index (χ3v) is 20.3. The van der Waals surface area contributed by atoms with Gasteiger partial charge in [-0.05, 0) is 194 Å². The highest BCUT2D eigenvalue weighted by atomic mass is 32.2. The Morgan fingerprint density at radius 2 is 1.40 bits per heavy atom. The smallest absolute Gasteiger partial charge is 0.326 e. The highest BCUT2D eigenvalue weighted by Crippen LogP contribution is 2.48. The van der Waals surface area contributed by atoms with Gasteiger partial charge in [0.2, 0.25) is 5.91 Å². The first-order chi connectivity index (χ1) is 47.1. The fraction of sp³-hybridized carbons (Fsp3) is 0.548. The van der Waals surface area contributed by atoms with Crippen LogP contribution in [-0.2, 0) is 59.8 Å². The summed E-state index contributed by atoms with van der Waals surface area (Å²) in [5, 5.41) is 41.8. The average molecular weight is 1410 g/mol. The number of para-hydroxylation sites is 2. The van der Waals surface area contributed by atoms with Crippen LogP contribution in [0.4, 0.5) is 16.2 Å². The molecule has 3 aromatic rings. The first-order valence-corrected chi connectivity index (χ1v) is 37.9. The van der Waals surface area contributed by atoms with Gasteiger partial charge in [0, 0.05) is 67.1 Å². The van der Waals surface area contributed by atoms with Crippen LogP contribution in [0, 0.1) is 0 Å². The number of benzene rings is 3. The van der Waals surface area contributed by atoms with Crippen molar-refractivity contribution in [1.82, 2.24) is 21.3 Å². The normalized spacial score (nSPS) is 18.9. The molecule has 1 saturated heterocycles. The number of hydrogen-bond donors (Lipinski definition) is 10. The van der Waals surface area contributed by atoms with Crippen LogP contribution in [0.3, 0.4) is 0 Å². The maximum absolute atomic E-state index is 14.4. The fourth-order valence-corrected chi connectivity index (χ4v) is 13.9. The number of urea groups is 1. The quantitative estimate of drug-likeness (QED) is 0.0109. The minimum absolute atomic E-state index is 0.0574. The number of carbonyl (C=O) groups excluding carboxylic acids is 3. The predicted molar refractivity (Wildman–Crippen MR) is 379 cm³/mol. The lowest BCUT2D eigenvalue weighted by molar-refractivity contribution is -0.141. The van der Waals surface area contributed by atoms with Crippen molar-refractivity contribution in [3.63, 3.8) is 0 Å². The molecule has 3 aliphatic heterocycles. The van der Waals surface area contributed by atoms with Crippen LogP contribution in [0.25, 0.3) is 0 Å². The molecule has 3 heterocycles. The van der Waals surface area contributed by atoms with E-state index in [0.717, 1.165) is 142 Å². The van der Waals surface area contributed by atoms with Gasteiger partial charge in [-0.3, -0.25) is 33.8 Å². The molecular formula is C73H101N7O17S2. The molecule has 24 nitrogen and oxygen atoms in total. The predicted octanol–water partition coefficient (Wildman–Crippen LogP) is 11.5. The van der Waals surface area contributed by atoms with E-state index >= 15 is 0 Å². The van der Waals surface area contributed by atoms with Crippen molar-refractivity contribution in [2.45, 2.75) is 228 Å². The molecule has 0 aromatic heterocycles. The van der Waals surface area contributed by atoms with E-state index < -0.39 is 73.5 Å². The SMILES string of the molecule is CC(C)(C(=O)C=CC1=C(Oc2ccc(S(=O)(=O)O)cc2)C(=CC=C2N(CCCCS(=O)(=O)O)c3ccccc3C2(C)C)CCC1)c1ccccc1NCCCCCC1OC1NCCCCC1CC(CCCCCCC(=O)NCCCCC(NC(=O)NC(CCC(=O)O)C(=O)O)C(=O)O)=N1. The number of ether oxygens (including phenoxy) is 2. The first kappa shape index (κ1) is 78.6. The molecule has 0 bridgehead atoms. The topological polar surface area (TPSA) is 369 Å². The van der Waals surface area contributed by atoms with Gasteiger partial charge in [0.05, 0.1) is 28.2 Å². The lowest BCUT2D eigenvalue weighted by Gasteiger charge is -2.28. The molecule has 99 heavy (non-hydrogen) atoms. The molecule has 26 heteroatoms. The summed E-state index contributed by atoms with van der Waals surface area (Å²) in [6.45, 7) is 10.7. The number of carbonyl (C=O) groups is 6. The second kappa shape index (κ2) is 37.6. The Hall–Kier alpha value is -7.75. The van der Waals surface area contributed by atoms with E-state index in [1.54, 1.807) is 6.08 Å². The number of nitrogens with zero attached hydrogens (tertiary/aromatic N) is 2. The molecule has 0 radical (unpaired) electrons. The number of nitrogens with one attached hydrogen (secondary N) is 5. The third kappa shape index (κ3) is 25.1. The van der Waals surface area contributed by atoms with Crippen LogP contribution >= 0.6 is 0 Å². The number of unbranched alkanes of at least 4 members (excludes halogenated alkanes) is 8. The van der Waals surface area contributed by atoms with Gasteiger partial charge in [-0.2, -0.15) is 16.8 Å². The van der Waals surface area contributed by atoms with Gasteiger partial charge in [0.15, 0.2) is 5.78 Å². The lowest BCUT2D eigenvalue weighted by Crippen LogP contribution is -2.51. The Morgan fingerprint density at radius 3 is 2.12 bits per heavy atom. The van der Waals surface area contributed by atoms with Crippen LogP contribution in [-0.4, -0.2) is 145 Å². The monoisotopic (exact) mass is 1410 g/mol. The number of hydrogen-bond acceptors (Lipinski definition) is 16. The molecular weight excluding hydrogens is 1310 g/mol. The lowest BCUT2D eigenvalue weighted by atomic mass is 9.79. The molecule has 7 rings (SSSR count). The Morgan fingerprint density at radius 1 is 0.737 bits per heavy atom. The highest BCUT2D eigenvalue weighted by molar-refractivity contribution is 7.86. The van der Waals surface area contributed by atoms with E-state index in [0.29, 0.717) is 75.6 Å². The number of aliphatic carboxylic acids is 3. The molecule has 1 fully saturated rings. The Kier molecular flexibility index (Phi) is 29.9. The number of allylic oxidation sites excluding steroid dienone is 7. The number of amides is 3. The zero-order chi connectivity index (χ0) is 71.8. The second-order valence-electron chi connectivity index (χ2n) is 27.1. The van der Waals surface area contributed by atoms with E-state index in [2.05, 4.69) is 57.5 Å². The van der Waals surface area contributed by atoms with Crippen molar-refractivity contribution >= 4 is 73.0 Å². The van der Waals surface area contributed by atoms with Crippen LogP contribution < -0.4 is 36.2 Å². The van der Waals surface area contributed by atoms with E-state index in [4.69, 9.17) is 19.6 Å². The minimum atomic E-state index is -4.45. The van der Waals surface area contributed by atoms with E-state index in [-0.39, 0.29) is 47.5 Å². The molecule has 10 N–H and O–H groups in total. The average Bonchev–Trinajstić information content (AvgIpc) is 1.65. The van der Waals surface area contributed by atoms with Gasteiger partial charge in [0.1, 0.15) is 29.8 Å². The molecule has 3 amide bonds. The second-order valence-corrected chi connectivity index (χ2v) is 30.1. The van der Waals surface area contributed by atoms with Gasteiger partial charge in [-0.25, -0.2) is 14.4 Å². The number of aliphatic imine (C=N–C) groups is 1. The van der Waals surface area contributed by atoms with Crippen LogP contribution in [0.2, 0.25) is 0 Å². The van der Waals surface area contributed by atoms with Crippen LogP contribution in [0.1, 0.15) is 193 Å². The molecule has 542 valence electrons. The van der Waals surface area contributed by atoms with Crippen molar-refractivity contribution in [3.8, 4) is 5.75 Å². The first-order valence-electron chi connectivity index (χ1n) is 34.8. The maximum Gasteiger partial charge on any atom is 0.326 e. The zero-order valence-electron chi connectivity index (χ0n) is 57.5. The number of fused-ring (bicyclic) bond motifs is 1. The number of carboxylic acid groups (broad SMARTS) is 3. The summed E-state index contributed by atoms with van der Waals surface area (Å²) in [6, 6.07) is 18.1. The number of carboxylic acids is 3. The number of epoxide rings is 1. The Labute approximate surface area is 582 Å². The minimum Gasteiger partial charge on any atom is -0.481 e. The van der Waals surface area contributed by atoms with Crippen LogP contribution in [0.5, 0.6) is 5.75 Å². The summed E-state index contributed by atoms with van der Waals surface area (Å²) in [6.07, 6.45) is 24.2. The molecule has 3 aromatic carbocycles. The highest BCUT2D eigenvalue weighted by Gasteiger charge is 2.40. The van der Waals surface area contributed by atoms with Crippen molar-refractivity contribution < 1.29 is 79.5 Å². The summed E-state index contributed by atoms with van der Waals surface area (Å²) in [4.78, 5) is 79.5. The van der Waals surface area contributed by atoms with E-state index in [1.807, 2.05) is 68.5 Å². The molecule has 0 spiro atoms. The molecule has 4 aliphatic rings. The van der Waals surface area contributed by atoms with Crippen molar-refractivity contribution in [2.24, 2.45) is 4.99 Å². The molecule has 5 unspecified atom stereocenters. The summed E-state index contributed by atoms with van der Waals surface area (Å²) >= 11 is 0. The van der Waals surface area contributed by atoms with Gasteiger partial charge in [0.25, 0.3) is 20.2 Å². The van der Waals surface area contributed by atoms with E-state index in [9.17, 15) is 64.9 Å². The number of anilines is 2. The molecule has 1 aliphatic carbocycles.